The molecule has 3 nitrogen and oxygen atoms in total. The highest BCUT2D eigenvalue weighted by Crippen LogP contribution is 2.14. The summed E-state index contributed by atoms with van der Waals surface area (Å²) in [5.74, 6) is 0.670. The number of hydrogen-bond acceptors (Lipinski definition) is 3. The van der Waals surface area contributed by atoms with Gasteiger partial charge in [-0.05, 0) is 43.9 Å². The molecule has 0 N–H and O–H groups in total. The van der Waals surface area contributed by atoms with Crippen molar-refractivity contribution in [2.75, 3.05) is 27.2 Å². The minimum atomic E-state index is -0.465. The van der Waals surface area contributed by atoms with Crippen LogP contribution >= 0.6 is 11.6 Å². The van der Waals surface area contributed by atoms with E-state index >= 15 is 0 Å². The van der Waals surface area contributed by atoms with Crippen LogP contribution in [0.15, 0.2) is 24.3 Å². The van der Waals surface area contributed by atoms with Crippen LogP contribution in [0.4, 0.5) is 0 Å². The summed E-state index contributed by atoms with van der Waals surface area (Å²) in [6, 6.07) is 6.86. The first-order valence-electron chi connectivity index (χ1n) is 4.67. The van der Waals surface area contributed by atoms with Crippen molar-refractivity contribution in [1.29, 1.82) is 0 Å². The minimum Gasteiger partial charge on any atom is -0.492 e. The Morgan fingerprint density at radius 1 is 1.47 bits per heavy atom. The Balaban J connectivity index is 2.54. The van der Waals surface area contributed by atoms with E-state index in [0.29, 0.717) is 17.9 Å². The van der Waals surface area contributed by atoms with Crippen molar-refractivity contribution in [1.82, 2.24) is 4.90 Å². The van der Waals surface area contributed by atoms with Crippen LogP contribution in [0.1, 0.15) is 10.4 Å². The van der Waals surface area contributed by atoms with Crippen LogP contribution in [0.2, 0.25) is 0 Å². The van der Waals surface area contributed by atoms with Crippen LogP contribution in [0, 0.1) is 0 Å². The molecule has 0 fully saturated rings. The van der Waals surface area contributed by atoms with Gasteiger partial charge in [-0.15, -0.1) is 0 Å². The second-order valence-corrected chi connectivity index (χ2v) is 3.80. The molecule has 0 saturated heterocycles. The standard InChI is InChI=1S/C11H14ClNO2/c1-13(2)6-7-15-10-5-3-4-9(8-10)11(12)14/h3-5,8H,6-7H2,1-2H3. The predicted octanol–water partition coefficient (Wildman–Crippen LogP) is 2.01. The van der Waals surface area contributed by atoms with Gasteiger partial charge in [0.25, 0.3) is 5.24 Å². The van der Waals surface area contributed by atoms with Gasteiger partial charge in [0.05, 0.1) is 0 Å². The summed E-state index contributed by atoms with van der Waals surface area (Å²) in [6.45, 7) is 1.42. The molecular weight excluding hydrogens is 214 g/mol. The first kappa shape index (κ1) is 12.0. The number of nitrogens with zero attached hydrogens (tertiary/aromatic N) is 1. The van der Waals surface area contributed by atoms with Gasteiger partial charge < -0.3 is 9.64 Å². The zero-order chi connectivity index (χ0) is 11.3. The molecule has 1 rings (SSSR count). The maximum Gasteiger partial charge on any atom is 0.252 e. The summed E-state index contributed by atoms with van der Waals surface area (Å²) >= 11 is 5.36. The third-order valence-electron chi connectivity index (χ3n) is 1.87. The quantitative estimate of drug-likeness (QED) is 0.721. The lowest BCUT2D eigenvalue weighted by Gasteiger charge is -2.11. The molecule has 15 heavy (non-hydrogen) atoms. The summed E-state index contributed by atoms with van der Waals surface area (Å²) in [4.78, 5) is 12.9. The van der Waals surface area contributed by atoms with Gasteiger partial charge in [0.15, 0.2) is 0 Å². The number of carbonyl (C=O) groups is 1. The Labute approximate surface area is 94.6 Å². The molecule has 0 aliphatic heterocycles. The largest absolute Gasteiger partial charge is 0.492 e. The molecule has 0 aromatic heterocycles. The summed E-state index contributed by atoms with van der Waals surface area (Å²) in [5.41, 5.74) is 0.457. The molecule has 0 bridgehead atoms. The van der Waals surface area contributed by atoms with Crippen molar-refractivity contribution in [3.05, 3.63) is 29.8 Å². The van der Waals surface area contributed by atoms with E-state index in [2.05, 4.69) is 0 Å². The lowest BCUT2D eigenvalue weighted by molar-refractivity contribution is 0.108. The Bertz CT molecular complexity index is 339. The van der Waals surface area contributed by atoms with Gasteiger partial charge in [-0.3, -0.25) is 4.79 Å². The number of hydrogen-bond donors (Lipinski definition) is 0. The molecule has 0 amide bonds. The Kier molecular flexibility index (Phi) is 4.59. The van der Waals surface area contributed by atoms with Gasteiger partial charge >= 0.3 is 0 Å². The molecule has 0 aliphatic rings. The van der Waals surface area contributed by atoms with Gasteiger partial charge in [-0.2, -0.15) is 0 Å². The fourth-order valence-corrected chi connectivity index (χ4v) is 1.17. The molecule has 0 unspecified atom stereocenters. The number of rotatable bonds is 5. The zero-order valence-corrected chi connectivity index (χ0v) is 9.62. The number of benzene rings is 1. The fraction of sp³-hybridized carbons (Fsp3) is 0.364. The smallest absolute Gasteiger partial charge is 0.252 e. The number of halogens is 1. The molecule has 82 valence electrons. The molecule has 0 radical (unpaired) electrons. The first-order chi connectivity index (χ1) is 7.09. The van der Waals surface area contributed by atoms with Crippen LogP contribution in [0.5, 0.6) is 5.75 Å². The van der Waals surface area contributed by atoms with E-state index in [1.807, 2.05) is 19.0 Å². The maximum absolute atomic E-state index is 10.9. The van der Waals surface area contributed by atoms with Crippen LogP contribution in [0.3, 0.4) is 0 Å². The molecule has 0 saturated carbocycles. The fourth-order valence-electron chi connectivity index (χ4n) is 1.05. The molecule has 1 aromatic carbocycles. The third-order valence-corrected chi connectivity index (χ3v) is 2.09. The summed E-state index contributed by atoms with van der Waals surface area (Å²) in [7, 11) is 3.95. The van der Waals surface area contributed by atoms with E-state index in [1.165, 1.54) is 0 Å². The van der Waals surface area contributed by atoms with Gasteiger partial charge in [0.1, 0.15) is 12.4 Å². The number of ether oxygens (including phenoxy) is 1. The van der Waals surface area contributed by atoms with E-state index in [0.717, 1.165) is 6.54 Å². The molecule has 0 atom stereocenters. The van der Waals surface area contributed by atoms with Crippen LogP contribution < -0.4 is 4.74 Å². The molecular formula is C11H14ClNO2. The second-order valence-electron chi connectivity index (χ2n) is 3.45. The van der Waals surface area contributed by atoms with E-state index in [9.17, 15) is 4.79 Å². The van der Waals surface area contributed by atoms with Crippen LogP contribution in [-0.4, -0.2) is 37.4 Å². The van der Waals surface area contributed by atoms with Crippen molar-refractivity contribution in [3.8, 4) is 5.75 Å². The summed E-state index contributed by atoms with van der Waals surface area (Å²) in [5, 5.41) is -0.465. The van der Waals surface area contributed by atoms with Crippen LogP contribution in [0.25, 0.3) is 0 Å². The van der Waals surface area contributed by atoms with Gasteiger partial charge in [0.2, 0.25) is 0 Å². The highest BCUT2D eigenvalue weighted by molar-refractivity contribution is 6.67. The normalized spacial score (nSPS) is 10.4. The van der Waals surface area contributed by atoms with E-state index in [4.69, 9.17) is 16.3 Å². The average molecular weight is 228 g/mol. The van der Waals surface area contributed by atoms with Gasteiger partial charge in [-0.25, -0.2) is 0 Å². The Hall–Kier alpha value is -1.06. The predicted molar refractivity (Wildman–Crippen MR) is 60.7 cm³/mol. The molecule has 0 heterocycles. The average Bonchev–Trinajstić information content (AvgIpc) is 2.17. The Morgan fingerprint density at radius 3 is 2.80 bits per heavy atom. The minimum absolute atomic E-state index is 0.457. The first-order valence-corrected chi connectivity index (χ1v) is 5.05. The van der Waals surface area contributed by atoms with Crippen molar-refractivity contribution in [2.45, 2.75) is 0 Å². The lowest BCUT2D eigenvalue weighted by Crippen LogP contribution is -2.19. The molecule has 0 aliphatic carbocycles. The van der Waals surface area contributed by atoms with Crippen molar-refractivity contribution in [3.63, 3.8) is 0 Å². The lowest BCUT2D eigenvalue weighted by atomic mass is 10.2. The van der Waals surface area contributed by atoms with Gasteiger partial charge in [0, 0.05) is 12.1 Å². The highest BCUT2D eigenvalue weighted by Gasteiger charge is 2.02. The van der Waals surface area contributed by atoms with E-state index < -0.39 is 5.24 Å². The topological polar surface area (TPSA) is 29.5 Å². The van der Waals surface area contributed by atoms with E-state index in [1.54, 1.807) is 24.3 Å². The second kappa shape index (κ2) is 5.73. The van der Waals surface area contributed by atoms with Crippen LogP contribution in [-0.2, 0) is 0 Å². The zero-order valence-electron chi connectivity index (χ0n) is 8.87. The maximum atomic E-state index is 10.9. The van der Waals surface area contributed by atoms with Crippen molar-refractivity contribution in [2.24, 2.45) is 0 Å². The number of carbonyl (C=O) groups excluding carboxylic acids is 1. The van der Waals surface area contributed by atoms with E-state index in [-0.39, 0.29) is 0 Å². The third kappa shape index (κ3) is 4.32. The molecule has 0 spiro atoms. The van der Waals surface area contributed by atoms with Crippen molar-refractivity contribution >= 4 is 16.8 Å². The summed E-state index contributed by atoms with van der Waals surface area (Å²) in [6.07, 6.45) is 0. The highest BCUT2D eigenvalue weighted by atomic mass is 35.5. The van der Waals surface area contributed by atoms with Crippen molar-refractivity contribution < 1.29 is 9.53 Å². The SMILES string of the molecule is CN(C)CCOc1cccc(C(=O)Cl)c1. The Morgan fingerprint density at radius 2 is 2.20 bits per heavy atom. The summed E-state index contributed by atoms with van der Waals surface area (Å²) < 4.78 is 5.46. The van der Waals surface area contributed by atoms with Gasteiger partial charge in [-0.1, -0.05) is 6.07 Å². The molecule has 1 aromatic rings. The number of likely N-dealkylation sites (N-methyl/N-ethyl adjacent to an activating group) is 1. The monoisotopic (exact) mass is 227 g/mol. The molecule has 4 heteroatoms.